The smallest absolute Gasteiger partial charge is 0.225 e. The van der Waals surface area contributed by atoms with Crippen LogP contribution in [0.25, 0.3) is 0 Å². The molecule has 8 heteroatoms. The van der Waals surface area contributed by atoms with Crippen molar-refractivity contribution in [2.75, 3.05) is 26.2 Å². The zero-order chi connectivity index (χ0) is 14.8. The summed E-state index contributed by atoms with van der Waals surface area (Å²) in [5, 5.41) is 0. The van der Waals surface area contributed by atoms with Gasteiger partial charge in [-0.25, -0.2) is 0 Å². The Hall–Kier alpha value is 0.150. The number of carbonyl (C=O) groups excluding carboxylic acids is 1. The highest BCUT2D eigenvalue weighted by atomic mass is 79.9. The monoisotopic (exact) mass is 443 g/mol. The molecular weight excluding hydrogens is 421 g/mol. The van der Waals surface area contributed by atoms with Crippen LogP contribution in [0, 0.1) is 5.92 Å². The molecule has 4 nitrogen and oxygen atoms in total. The normalized spacial score (nSPS) is 24.9. The standard InChI is InChI=1S/C15H22BrN3OS.2ClH/c16-14-4-3-13(21-14)10-18-5-7-19(8-6-18)15(20)11-1-2-12(17)9-11;;/h3-4,11-12H,1-2,5-10,17H2;2*1H. The number of hydrogen-bond donors (Lipinski definition) is 1. The van der Waals surface area contributed by atoms with Crippen molar-refractivity contribution in [3.63, 3.8) is 0 Å². The van der Waals surface area contributed by atoms with Crippen molar-refractivity contribution >= 4 is 58.0 Å². The molecule has 2 unspecified atom stereocenters. The maximum absolute atomic E-state index is 12.5. The fourth-order valence-electron chi connectivity index (χ4n) is 3.28. The van der Waals surface area contributed by atoms with Gasteiger partial charge in [0.05, 0.1) is 3.79 Å². The second-order valence-corrected chi connectivity index (χ2v) is 8.62. The minimum absolute atomic E-state index is 0. The molecule has 1 aliphatic heterocycles. The average molecular weight is 445 g/mol. The zero-order valence-corrected chi connectivity index (χ0v) is 17.0. The molecule has 2 atom stereocenters. The van der Waals surface area contributed by atoms with Gasteiger partial charge in [0.15, 0.2) is 0 Å². The van der Waals surface area contributed by atoms with Gasteiger partial charge in [-0.15, -0.1) is 36.2 Å². The lowest BCUT2D eigenvalue weighted by molar-refractivity contribution is -0.137. The van der Waals surface area contributed by atoms with E-state index in [1.54, 1.807) is 11.3 Å². The van der Waals surface area contributed by atoms with Gasteiger partial charge in [-0.1, -0.05) is 0 Å². The highest BCUT2D eigenvalue weighted by molar-refractivity contribution is 9.11. The number of rotatable bonds is 3. The first kappa shape index (κ1) is 21.2. The maximum Gasteiger partial charge on any atom is 0.225 e. The fourth-order valence-corrected chi connectivity index (χ4v) is 4.81. The van der Waals surface area contributed by atoms with Gasteiger partial charge in [-0.05, 0) is 47.3 Å². The van der Waals surface area contributed by atoms with Gasteiger partial charge in [0, 0.05) is 49.6 Å². The Kier molecular flexibility index (Phi) is 8.83. The van der Waals surface area contributed by atoms with Crippen molar-refractivity contribution in [1.29, 1.82) is 0 Å². The molecule has 0 radical (unpaired) electrons. The van der Waals surface area contributed by atoms with E-state index < -0.39 is 0 Å². The van der Waals surface area contributed by atoms with Crippen LogP contribution in [0.2, 0.25) is 0 Å². The number of amides is 1. The Balaban J connectivity index is 0.00000132. The summed E-state index contributed by atoms with van der Waals surface area (Å²) >= 11 is 5.29. The molecule has 0 bridgehead atoms. The van der Waals surface area contributed by atoms with Crippen LogP contribution in [-0.4, -0.2) is 47.9 Å². The van der Waals surface area contributed by atoms with Crippen LogP contribution in [0.15, 0.2) is 15.9 Å². The topological polar surface area (TPSA) is 49.6 Å². The third-order valence-electron chi connectivity index (χ3n) is 4.51. The molecule has 2 heterocycles. The van der Waals surface area contributed by atoms with Gasteiger partial charge in [0.25, 0.3) is 0 Å². The number of carbonyl (C=O) groups is 1. The van der Waals surface area contributed by atoms with Crippen LogP contribution in [0.4, 0.5) is 0 Å². The van der Waals surface area contributed by atoms with E-state index >= 15 is 0 Å². The van der Waals surface area contributed by atoms with E-state index in [0.717, 1.165) is 52.0 Å². The molecule has 3 rings (SSSR count). The lowest BCUT2D eigenvalue weighted by atomic mass is 10.1. The molecule has 2 N–H and O–H groups in total. The number of halogens is 3. The summed E-state index contributed by atoms with van der Waals surface area (Å²) in [5.41, 5.74) is 5.92. The number of nitrogens with zero attached hydrogens (tertiary/aromatic N) is 2. The number of nitrogens with two attached hydrogens (primary N) is 1. The van der Waals surface area contributed by atoms with E-state index in [2.05, 4.69) is 33.0 Å². The quantitative estimate of drug-likeness (QED) is 0.778. The first-order valence-corrected chi connectivity index (χ1v) is 9.23. The van der Waals surface area contributed by atoms with Crippen molar-refractivity contribution in [2.24, 2.45) is 11.7 Å². The SMILES string of the molecule is Cl.Cl.NC1CCC(C(=O)N2CCN(Cc3ccc(Br)s3)CC2)C1. The van der Waals surface area contributed by atoms with Crippen molar-refractivity contribution < 1.29 is 4.79 Å². The maximum atomic E-state index is 12.5. The van der Waals surface area contributed by atoms with E-state index in [1.165, 1.54) is 8.66 Å². The summed E-state index contributed by atoms with van der Waals surface area (Å²) in [7, 11) is 0. The Morgan fingerprint density at radius 2 is 1.91 bits per heavy atom. The first-order chi connectivity index (χ1) is 10.1. The molecule has 132 valence electrons. The summed E-state index contributed by atoms with van der Waals surface area (Å²) in [6.45, 7) is 4.65. The summed E-state index contributed by atoms with van der Waals surface area (Å²) in [4.78, 5) is 18.3. The second-order valence-electron chi connectivity index (χ2n) is 6.08. The molecule has 0 spiro atoms. The minimum Gasteiger partial charge on any atom is -0.340 e. The van der Waals surface area contributed by atoms with E-state index in [9.17, 15) is 4.79 Å². The van der Waals surface area contributed by atoms with Crippen molar-refractivity contribution in [3.8, 4) is 0 Å². The van der Waals surface area contributed by atoms with E-state index in [4.69, 9.17) is 5.73 Å². The van der Waals surface area contributed by atoms with Crippen LogP contribution in [-0.2, 0) is 11.3 Å². The highest BCUT2D eigenvalue weighted by Crippen LogP contribution is 2.27. The molecule has 1 aromatic rings. The third kappa shape index (κ3) is 5.58. The molecule has 1 saturated carbocycles. The molecule has 1 amide bonds. The summed E-state index contributed by atoms with van der Waals surface area (Å²) in [6.07, 6.45) is 2.86. The fraction of sp³-hybridized carbons (Fsp3) is 0.667. The summed E-state index contributed by atoms with van der Waals surface area (Å²) in [6, 6.07) is 4.51. The van der Waals surface area contributed by atoms with Gasteiger partial charge in [-0.2, -0.15) is 0 Å². The van der Waals surface area contributed by atoms with Crippen LogP contribution in [0.3, 0.4) is 0 Å². The van der Waals surface area contributed by atoms with Gasteiger partial charge < -0.3 is 10.6 Å². The number of thiophene rings is 1. The molecule has 2 fully saturated rings. The van der Waals surface area contributed by atoms with Gasteiger partial charge in [0.1, 0.15) is 0 Å². The predicted molar refractivity (Wildman–Crippen MR) is 104 cm³/mol. The van der Waals surface area contributed by atoms with Gasteiger partial charge >= 0.3 is 0 Å². The molecule has 0 aromatic carbocycles. The van der Waals surface area contributed by atoms with Crippen LogP contribution in [0.1, 0.15) is 24.1 Å². The third-order valence-corrected chi connectivity index (χ3v) is 6.12. The second kappa shape index (κ2) is 9.59. The van der Waals surface area contributed by atoms with Crippen LogP contribution in [0.5, 0.6) is 0 Å². The van der Waals surface area contributed by atoms with E-state index in [0.29, 0.717) is 5.91 Å². The van der Waals surface area contributed by atoms with E-state index in [1.807, 2.05) is 4.90 Å². The first-order valence-electron chi connectivity index (χ1n) is 7.63. The molecule has 2 aliphatic rings. The number of piperazine rings is 1. The lowest BCUT2D eigenvalue weighted by Crippen LogP contribution is -2.49. The van der Waals surface area contributed by atoms with Crippen molar-refractivity contribution in [1.82, 2.24) is 9.80 Å². The molecular formula is C15H24BrCl2N3OS. The van der Waals surface area contributed by atoms with Crippen molar-refractivity contribution in [2.45, 2.75) is 31.8 Å². The number of hydrogen-bond acceptors (Lipinski definition) is 4. The summed E-state index contributed by atoms with van der Waals surface area (Å²) < 4.78 is 1.18. The Morgan fingerprint density at radius 1 is 1.22 bits per heavy atom. The van der Waals surface area contributed by atoms with Crippen molar-refractivity contribution in [3.05, 3.63) is 20.8 Å². The highest BCUT2D eigenvalue weighted by Gasteiger charge is 2.32. The largest absolute Gasteiger partial charge is 0.340 e. The minimum atomic E-state index is 0. The predicted octanol–water partition coefficient (Wildman–Crippen LogP) is 3.13. The molecule has 1 saturated heterocycles. The van der Waals surface area contributed by atoms with Crippen LogP contribution < -0.4 is 5.73 Å². The Bertz CT molecular complexity index is 509. The Labute approximate surface area is 162 Å². The average Bonchev–Trinajstić information content (AvgIpc) is 3.08. The Morgan fingerprint density at radius 3 is 2.43 bits per heavy atom. The van der Waals surface area contributed by atoms with E-state index in [-0.39, 0.29) is 36.8 Å². The molecule has 1 aromatic heterocycles. The lowest BCUT2D eigenvalue weighted by Gasteiger charge is -2.35. The van der Waals surface area contributed by atoms with Crippen LogP contribution >= 0.6 is 52.1 Å². The summed E-state index contributed by atoms with van der Waals surface area (Å²) in [5.74, 6) is 0.515. The molecule has 23 heavy (non-hydrogen) atoms. The van der Waals surface area contributed by atoms with Gasteiger partial charge in [-0.3, -0.25) is 9.69 Å². The van der Waals surface area contributed by atoms with Gasteiger partial charge in [0.2, 0.25) is 5.91 Å². The molecule has 1 aliphatic carbocycles. The zero-order valence-electron chi connectivity index (χ0n) is 12.9.